The molecule has 0 spiro atoms. The van der Waals surface area contributed by atoms with Crippen molar-refractivity contribution in [1.29, 1.82) is 0 Å². The number of pyridine rings is 1. The van der Waals surface area contributed by atoms with Crippen molar-refractivity contribution in [3.8, 4) is 5.75 Å². The Morgan fingerprint density at radius 1 is 0.946 bits per heavy atom. The number of carbonyl (C=O) groups excluding carboxylic acids is 3. The van der Waals surface area contributed by atoms with E-state index in [1.807, 2.05) is 13.8 Å². The molecule has 0 radical (unpaired) electrons. The number of hydrogen-bond acceptors (Lipinski definition) is 7. The van der Waals surface area contributed by atoms with Gasteiger partial charge in [0, 0.05) is 23.6 Å². The molecule has 1 saturated heterocycles. The first-order valence-electron chi connectivity index (χ1n) is 12.0. The standard InChI is InChI=1S/C29H28N2O6/c1-17(2)36-23-12-6-8-19(15-23)26(32)24-25(21-10-7-13-30-16-21)31(28(34)27(24)33)22-11-5-9-20(14-22)29(35)37-18(3)4/h5-18,25,32H,1-4H3/b26-24+. The van der Waals surface area contributed by atoms with Gasteiger partial charge in [-0.05, 0) is 69.7 Å². The first kappa shape index (κ1) is 25.6. The Labute approximate surface area is 215 Å². The average Bonchev–Trinajstić information content (AvgIpc) is 3.14. The van der Waals surface area contributed by atoms with E-state index in [9.17, 15) is 19.5 Å². The molecule has 1 fully saturated rings. The van der Waals surface area contributed by atoms with E-state index in [0.717, 1.165) is 0 Å². The maximum atomic E-state index is 13.4. The number of aliphatic hydroxyl groups excluding tert-OH is 1. The molecule has 0 saturated carbocycles. The van der Waals surface area contributed by atoms with Gasteiger partial charge in [0.1, 0.15) is 11.5 Å². The van der Waals surface area contributed by atoms with Crippen molar-refractivity contribution in [2.45, 2.75) is 45.9 Å². The second kappa shape index (κ2) is 10.7. The summed E-state index contributed by atoms with van der Waals surface area (Å²) in [5.41, 5.74) is 1.31. The molecule has 190 valence electrons. The zero-order valence-electron chi connectivity index (χ0n) is 21.0. The molecule has 1 unspecified atom stereocenters. The van der Waals surface area contributed by atoms with Crippen LogP contribution in [0.25, 0.3) is 5.76 Å². The highest BCUT2D eigenvalue weighted by atomic mass is 16.5. The minimum Gasteiger partial charge on any atom is -0.507 e. The monoisotopic (exact) mass is 500 g/mol. The number of amides is 1. The molecule has 37 heavy (non-hydrogen) atoms. The molecule has 1 N–H and O–H groups in total. The van der Waals surface area contributed by atoms with E-state index in [-0.39, 0.29) is 29.1 Å². The fourth-order valence-corrected chi connectivity index (χ4v) is 4.16. The molecule has 8 nitrogen and oxygen atoms in total. The molecule has 2 aromatic carbocycles. The molecular weight excluding hydrogens is 472 g/mol. The number of ether oxygens (including phenoxy) is 2. The molecule has 1 aliphatic heterocycles. The Balaban J connectivity index is 1.86. The van der Waals surface area contributed by atoms with E-state index in [0.29, 0.717) is 22.6 Å². The van der Waals surface area contributed by atoms with Crippen LogP contribution in [0.15, 0.2) is 78.6 Å². The SMILES string of the molecule is CC(C)OC(=O)c1cccc(N2C(=O)C(=O)/C(=C(/O)c3cccc(OC(C)C)c3)C2c2cccnc2)c1. The fraction of sp³-hybridized carbons (Fsp3) is 0.241. The van der Waals surface area contributed by atoms with Crippen LogP contribution in [0.2, 0.25) is 0 Å². The van der Waals surface area contributed by atoms with Gasteiger partial charge < -0.3 is 14.6 Å². The highest BCUT2D eigenvalue weighted by molar-refractivity contribution is 6.51. The van der Waals surface area contributed by atoms with Crippen LogP contribution in [0.3, 0.4) is 0 Å². The topological polar surface area (TPSA) is 106 Å². The number of aliphatic hydroxyl groups is 1. The number of esters is 1. The summed E-state index contributed by atoms with van der Waals surface area (Å²) in [5, 5.41) is 11.3. The molecule has 1 amide bonds. The van der Waals surface area contributed by atoms with Crippen molar-refractivity contribution < 1.29 is 29.0 Å². The largest absolute Gasteiger partial charge is 0.507 e. The van der Waals surface area contributed by atoms with E-state index in [1.165, 1.54) is 17.2 Å². The Morgan fingerprint density at radius 3 is 2.35 bits per heavy atom. The Kier molecular flexibility index (Phi) is 7.38. The van der Waals surface area contributed by atoms with E-state index in [2.05, 4.69) is 4.98 Å². The van der Waals surface area contributed by atoms with Gasteiger partial charge in [-0.15, -0.1) is 0 Å². The van der Waals surface area contributed by atoms with Crippen LogP contribution in [-0.4, -0.2) is 40.0 Å². The van der Waals surface area contributed by atoms with Crippen molar-refractivity contribution >= 4 is 29.1 Å². The smallest absolute Gasteiger partial charge is 0.338 e. The maximum Gasteiger partial charge on any atom is 0.338 e. The zero-order chi connectivity index (χ0) is 26.7. The number of carbonyl (C=O) groups is 3. The maximum absolute atomic E-state index is 13.4. The van der Waals surface area contributed by atoms with Crippen LogP contribution in [0.5, 0.6) is 5.75 Å². The third-order valence-corrected chi connectivity index (χ3v) is 5.63. The van der Waals surface area contributed by atoms with E-state index < -0.39 is 23.7 Å². The summed E-state index contributed by atoms with van der Waals surface area (Å²) in [6, 6.07) is 15.4. The van der Waals surface area contributed by atoms with Crippen LogP contribution >= 0.6 is 0 Å². The minimum atomic E-state index is -0.972. The lowest BCUT2D eigenvalue weighted by atomic mass is 9.96. The van der Waals surface area contributed by atoms with Crippen molar-refractivity contribution in [3.63, 3.8) is 0 Å². The number of rotatable bonds is 7. The normalized spacial score (nSPS) is 16.9. The van der Waals surface area contributed by atoms with Crippen LogP contribution < -0.4 is 9.64 Å². The van der Waals surface area contributed by atoms with Crippen molar-refractivity contribution in [2.24, 2.45) is 0 Å². The highest BCUT2D eigenvalue weighted by Crippen LogP contribution is 2.42. The number of Topliss-reactive ketones (excluding diaryl/α,β-unsaturated/α-hetero) is 1. The van der Waals surface area contributed by atoms with Gasteiger partial charge in [-0.2, -0.15) is 0 Å². The summed E-state index contributed by atoms with van der Waals surface area (Å²) < 4.78 is 11.0. The lowest BCUT2D eigenvalue weighted by molar-refractivity contribution is -0.132. The van der Waals surface area contributed by atoms with Gasteiger partial charge in [0.15, 0.2) is 0 Å². The van der Waals surface area contributed by atoms with Crippen molar-refractivity contribution in [1.82, 2.24) is 4.98 Å². The number of ketones is 1. The molecule has 8 heteroatoms. The fourth-order valence-electron chi connectivity index (χ4n) is 4.16. The van der Waals surface area contributed by atoms with Gasteiger partial charge in [0.25, 0.3) is 11.7 Å². The number of aromatic nitrogens is 1. The van der Waals surface area contributed by atoms with Crippen LogP contribution in [0.4, 0.5) is 5.69 Å². The second-order valence-electron chi connectivity index (χ2n) is 9.15. The molecule has 3 aromatic rings. The molecular formula is C29H28N2O6. The summed E-state index contributed by atoms with van der Waals surface area (Å²) in [5.74, 6) is -2.05. The summed E-state index contributed by atoms with van der Waals surface area (Å²) in [4.78, 5) is 44.7. The predicted molar refractivity (Wildman–Crippen MR) is 138 cm³/mol. The average molecular weight is 501 g/mol. The van der Waals surface area contributed by atoms with Gasteiger partial charge in [0.2, 0.25) is 0 Å². The zero-order valence-corrected chi connectivity index (χ0v) is 21.0. The van der Waals surface area contributed by atoms with Crippen LogP contribution in [-0.2, 0) is 14.3 Å². The van der Waals surface area contributed by atoms with Gasteiger partial charge >= 0.3 is 5.97 Å². The van der Waals surface area contributed by atoms with Crippen molar-refractivity contribution in [3.05, 3.63) is 95.3 Å². The minimum absolute atomic E-state index is 0.0881. The number of benzene rings is 2. The third kappa shape index (κ3) is 5.38. The lowest BCUT2D eigenvalue weighted by Crippen LogP contribution is -2.29. The molecule has 4 rings (SSSR count). The number of anilines is 1. The van der Waals surface area contributed by atoms with E-state index >= 15 is 0 Å². The predicted octanol–water partition coefficient (Wildman–Crippen LogP) is 5.06. The van der Waals surface area contributed by atoms with Gasteiger partial charge in [0.05, 0.1) is 29.4 Å². The van der Waals surface area contributed by atoms with Gasteiger partial charge in [-0.25, -0.2) is 4.79 Å². The van der Waals surface area contributed by atoms with Crippen LogP contribution in [0.1, 0.15) is 55.2 Å². The van der Waals surface area contributed by atoms with Gasteiger partial charge in [-0.3, -0.25) is 19.5 Å². The Morgan fingerprint density at radius 2 is 1.68 bits per heavy atom. The quantitative estimate of drug-likeness (QED) is 0.209. The molecule has 1 atom stereocenters. The molecule has 0 aliphatic carbocycles. The molecule has 2 heterocycles. The summed E-state index contributed by atoms with van der Waals surface area (Å²) >= 11 is 0. The second-order valence-corrected chi connectivity index (χ2v) is 9.15. The van der Waals surface area contributed by atoms with E-state index in [4.69, 9.17) is 9.47 Å². The summed E-state index contributed by atoms with van der Waals surface area (Å²) in [6.07, 6.45) is 2.70. The Hall–Kier alpha value is -4.46. The third-order valence-electron chi connectivity index (χ3n) is 5.63. The molecule has 1 aromatic heterocycles. The molecule has 1 aliphatic rings. The number of nitrogens with zero attached hydrogens (tertiary/aromatic N) is 2. The first-order valence-corrected chi connectivity index (χ1v) is 12.0. The van der Waals surface area contributed by atoms with Crippen molar-refractivity contribution in [2.75, 3.05) is 4.90 Å². The Bertz CT molecular complexity index is 1360. The summed E-state index contributed by atoms with van der Waals surface area (Å²) in [6.45, 7) is 7.24. The van der Waals surface area contributed by atoms with E-state index in [1.54, 1.807) is 74.6 Å². The van der Waals surface area contributed by atoms with Gasteiger partial charge in [-0.1, -0.05) is 24.3 Å². The molecule has 0 bridgehead atoms. The first-order chi connectivity index (χ1) is 17.7. The summed E-state index contributed by atoms with van der Waals surface area (Å²) in [7, 11) is 0. The van der Waals surface area contributed by atoms with Crippen LogP contribution in [0, 0.1) is 0 Å². The number of hydrogen-bond donors (Lipinski definition) is 1. The lowest BCUT2D eigenvalue weighted by Gasteiger charge is -2.25. The highest BCUT2D eigenvalue weighted by Gasteiger charge is 2.47.